The second-order valence-corrected chi connectivity index (χ2v) is 18.4. The Morgan fingerprint density at radius 1 is 0.586 bits per heavy atom. The second-order valence-electron chi connectivity index (χ2n) is 18.4. The van der Waals surface area contributed by atoms with Crippen molar-refractivity contribution in [3.05, 3.63) is 206 Å². The summed E-state index contributed by atoms with van der Waals surface area (Å²) in [6.07, 6.45) is 9.69. The number of hydrogen-bond acceptors (Lipinski definition) is 3. The minimum Gasteiger partial charge on any atom is -0.333 e. The summed E-state index contributed by atoms with van der Waals surface area (Å²) in [4.78, 5) is 32.6. The molecule has 0 bridgehead atoms. The van der Waals surface area contributed by atoms with Gasteiger partial charge in [0, 0.05) is 44.8 Å². The van der Waals surface area contributed by atoms with Crippen LogP contribution in [0.5, 0.6) is 0 Å². The maximum absolute atomic E-state index is 15.1. The van der Waals surface area contributed by atoms with E-state index in [1.54, 1.807) is 0 Å². The maximum Gasteiger partial charge on any atom is 0.197 e. The van der Waals surface area contributed by atoms with Gasteiger partial charge in [0.2, 0.25) is 0 Å². The van der Waals surface area contributed by atoms with E-state index in [2.05, 4.69) is 203 Å². The minimum atomic E-state index is -0.152. The average Bonchev–Trinajstić information content (AvgIpc) is 3.57. The lowest BCUT2D eigenvalue weighted by molar-refractivity contribution is 0.591. The van der Waals surface area contributed by atoms with Crippen molar-refractivity contribution in [3.63, 3.8) is 0 Å². The van der Waals surface area contributed by atoms with Crippen LogP contribution in [0.3, 0.4) is 0 Å². The third-order valence-corrected chi connectivity index (χ3v) is 12.7. The zero-order chi connectivity index (χ0) is 40.1. The molecule has 0 N–H and O–H groups in total. The third-order valence-electron chi connectivity index (χ3n) is 12.7. The van der Waals surface area contributed by atoms with Gasteiger partial charge in [0.1, 0.15) is 0 Å². The van der Waals surface area contributed by atoms with Gasteiger partial charge in [-0.25, -0.2) is 0 Å². The Labute approximate surface area is 339 Å². The first-order chi connectivity index (χ1) is 27.9. The molecular weight excluding hydrogens is 709 g/mol. The summed E-state index contributed by atoms with van der Waals surface area (Å²) in [6, 6.07) is 45.0. The summed E-state index contributed by atoms with van der Waals surface area (Å²) in [6.45, 7) is 13.1. The Balaban J connectivity index is 1.30. The summed E-state index contributed by atoms with van der Waals surface area (Å²) in [7, 11) is 0. The Bertz CT molecular complexity index is 2990. The smallest absolute Gasteiger partial charge is 0.197 e. The topological polar surface area (TPSA) is 41.8 Å². The van der Waals surface area contributed by atoms with E-state index in [1.165, 1.54) is 22.3 Å². The van der Waals surface area contributed by atoms with Crippen molar-refractivity contribution in [1.29, 1.82) is 0 Å². The fourth-order valence-corrected chi connectivity index (χ4v) is 9.70. The zero-order valence-electron chi connectivity index (χ0n) is 34.1. The number of rotatable bonds is 5. The Hall–Kier alpha value is -6.26. The number of pyridine rings is 2. The van der Waals surface area contributed by atoms with Crippen molar-refractivity contribution in [1.82, 2.24) is 4.40 Å². The van der Waals surface area contributed by atoms with Crippen molar-refractivity contribution < 1.29 is 0 Å². The van der Waals surface area contributed by atoms with Gasteiger partial charge in [0.15, 0.2) is 10.9 Å². The largest absolute Gasteiger partial charge is 0.333 e. The molecule has 8 aromatic rings. The first-order valence-electron chi connectivity index (χ1n) is 20.6. The summed E-state index contributed by atoms with van der Waals surface area (Å²) in [5.74, 6) is 0.169. The fourth-order valence-electron chi connectivity index (χ4n) is 9.70. The molecule has 286 valence electrons. The molecule has 10 rings (SSSR count). The van der Waals surface area contributed by atoms with Gasteiger partial charge in [0.25, 0.3) is 0 Å². The van der Waals surface area contributed by atoms with Gasteiger partial charge < -0.3 is 9.30 Å². The summed E-state index contributed by atoms with van der Waals surface area (Å²) >= 11 is 0. The molecule has 0 saturated heterocycles. The number of anilines is 2. The highest BCUT2D eigenvalue weighted by molar-refractivity contribution is 6.10. The van der Waals surface area contributed by atoms with Crippen LogP contribution in [-0.4, -0.2) is 10.4 Å². The predicted octanol–water partition coefficient (Wildman–Crippen LogP) is 12.3. The third kappa shape index (κ3) is 5.64. The molecule has 3 heterocycles. The molecule has 4 nitrogen and oxygen atoms in total. The van der Waals surface area contributed by atoms with Crippen LogP contribution in [0.15, 0.2) is 161 Å². The molecule has 0 amide bonds. The predicted molar refractivity (Wildman–Crippen MR) is 243 cm³/mol. The monoisotopic (exact) mass is 756 g/mol. The van der Waals surface area contributed by atoms with Crippen LogP contribution in [0, 0.1) is 0 Å². The van der Waals surface area contributed by atoms with Gasteiger partial charge in [-0.3, -0.25) is 9.59 Å². The number of para-hydroxylation sites is 1. The lowest BCUT2D eigenvalue weighted by Crippen LogP contribution is -2.29. The molecule has 4 heteroatoms. The van der Waals surface area contributed by atoms with Crippen molar-refractivity contribution in [2.75, 3.05) is 4.90 Å². The van der Waals surface area contributed by atoms with E-state index in [9.17, 15) is 0 Å². The van der Waals surface area contributed by atoms with Gasteiger partial charge in [-0.05, 0) is 87.0 Å². The molecule has 0 fully saturated rings. The number of hydrogen-bond donors (Lipinski definition) is 0. The van der Waals surface area contributed by atoms with Crippen molar-refractivity contribution >= 4 is 49.5 Å². The molecule has 58 heavy (non-hydrogen) atoms. The fraction of sp³-hybridized carbons (Fsp3) is 0.222. The van der Waals surface area contributed by atoms with Crippen LogP contribution in [0.4, 0.5) is 11.4 Å². The van der Waals surface area contributed by atoms with E-state index in [4.69, 9.17) is 0 Å². The molecule has 0 radical (unpaired) electrons. The molecule has 6 aromatic carbocycles. The lowest BCUT2D eigenvalue weighted by atomic mass is 9.83. The van der Waals surface area contributed by atoms with Gasteiger partial charge >= 0.3 is 0 Å². The summed E-state index contributed by atoms with van der Waals surface area (Å²) < 4.78 is 2.18. The van der Waals surface area contributed by atoms with E-state index in [-0.39, 0.29) is 39.6 Å². The maximum atomic E-state index is 15.1. The number of benzene rings is 6. The van der Waals surface area contributed by atoms with Crippen molar-refractivity contribution in [2.24, 2.45) is 0 Å². The van der Waals surface area contributed by atoms with Crippen molar-refractivity contribution in [2.45, 2.75) is 76.7 Å². The molecule has 0 spiro atoms. The van der Waals surface area contributed by atoms with E-state index in [0.29, 0.717) is 27.1 Å². The number of aromatic nitrogens is 1. The molecule has 0 saturated carbocycles. The van der Waals surface area contributed by atoms with E-state index in [1.807, 2.05) is 0 Å². The first kappa shape index (κ1) is 36.1. The SMILES string of the molecule is CC(C)(C)c1ccc2c(c1)c(=O)c1cc(N3c4c(C(Cc5ccccc5)c5ccccc5)cccc4C4C=CC=CC43)cc3c(=O)c4cc(C(C)(C)C)ccc4n2c13. The Morgan fingerprint density at radius 2 is 1.16 bits per heavy atom. The van der Waals surface area contributed by atoms with E-state index >= 15 is 9.59 Å². The molecule has 3 unspecified atom stereocenters. The first-order valence-corrected chi connectivity index (χ1v) is 20.6. The molecule has 2 aliphatic rings. The summed E-state index contributed by atoms with van der Waals surface area (Å²) in [5, 5.41) is 2.45. The molecule has 2 aromatic heterocycles. The standard InChI is InChI=1S/C54H48N2O2/c1-53(2,3)35-24-26-47-42(29-35)51(57)44-31-37(32-45-50(44)56(47)48-27-25-36(54(4,5)6)30-43(48)52(45)58)55-46-23-14-13-20-38(46)39-21-15-22-40(49(39)55)41(34-18-11-8-12-19-34)28-33-16-9-7-10-17-33/h7-27,29-32,38,41,46H,28H2,1-6H3. The Kier molecular flexibility index (Phi) is 8.18. The Morgan fingerprint density at radius 3 is 1.74 bits per heavy atom. The van der Waals surface area contributed by atoms with Gasteiger partial charge in [-0.15, -0.1) is 0 Å². The quantitative estimate of drug-likeness (QED) is 0.130. The highest BCUT2D eigenvalue weighted by Crippen LogP contribution is 2.52. The second kappa shape index (κ2) is 13.1. The highest BCUT2D eigenvalue weighted by Gasteiger charge is 2.40. The molecule has 1 aliphatic carbocycles. The summed E-state index contributed by atoms with van der Waals surface area (Å²) in [5.41, 5.74) is 11.1. The molecular formula is C54H48N2O2. The molecule has 1 aliphatic heterocycles. The van der Waals surface area contributed by atoms with Gasteiger partial charge in [-0.2, -0.15) is 0 Å². The van der Waals surface area contributed by atoms with Gasteiger partial charge in [-0.1, -0.05) is 157 Å². The van der Waals surface area contributed by atoms with Crippen LogP contribution in [-0.2, 0) is 17.3 Å². The van der Waals surface area contributed by atoms with E-state index in [0.717, 1.165) is 40.0 Å². The number of nitrogens with zero attached hydrogens (tertiary/aromatic N) is 2. The highest BCUT2D eigenvalue weighted by atomic mass is 16.1. The van der Waals surface area contributed by atoms with Crippen molar-refractivity contribution in [3.8, 4) is 0 Å². The lowest BCUT2D eigenvalue weighted by Gasteiger charge is -2.32. The van der Waals surface area contributed by atoms with Crippen LogP contribution in [0.2, 0.25) is 0 Å². The zero-order valence-corrected chi connectivity index (χ0v) is 34.1. The van der Waals surface area contributed by atoms with Gasteiger partial charge in [0.05, 0.1) is 22.6 Å². The molecule has 3 atom stereocenters. The van der Waals surface area contributed by atoms with Crippen LogP contribution in [0.1, 0.15) is 86.8 Å². The van der Waals surface area contributed by atoms with E-state index < -0.39 is 0 Å². The average molecular weight is 757 g/mol. The number of fused-ring (bicyclic) bond motifs is 7. The van der Waals surface area contributed by atoms with Crippen LogP contribution in [0.25, 0.3) is 38.1 Å². The minimum absolute atomic E-state index is 0.0346. The van der Waals surface area contributed by atoms with Crippen LogP contribution >= 0.6 is 0 Å². The van der Waals surface area contributed by atoms with Crippen LogP contribution < -0.4 is 15.8 Å². The normalized spacial score (nSPS) is 17.1. The number of allylic oxidation sites excluding steroid dienone is 2.